The molecule has 0 bridgehead atoms. The standard InChI is InChI=1S/C17H19N3O3S/c1-21-16-10-13(23-19-16)11-20-7-3-12(4-8-20)22-15-2-6-18-14-5-9-24-17(14)15/h2,5-6,9-10,12H,3-4,7-8,11H2,1H3. The molecule has 7 heteroatoms. The number of rotatable bonds is 5. The molecule has 0 radical (unpaired) electrons. The van der Waals surface area contributed by atoms with E-state index in [2.05, 4.69) is 20.4 Å². The molecule has 126 valence electrons. The van der Waals surface area contributed by atoms with Crippen molar-refractivity contribution in [1.82, 2.24) is 15.0 Å². The summed E-state index contributed by atoms with van der Waals surface area (Å²) in [6.07, 6.45) is 4.07. The van der Waals surface area contributed by atoms with Crippen LogP contribution in [0, 0.1) is 0 Å². The lowest BCUT2D eigenvalue weighted by Gasteiger charge is -2.31. The molecule has 3 aromatic rings. The second-order valence-electron chi connectivity index (χ2n) is 5.87. The summed E-state index contributed by atoms with van der Waals surface area (Å²) in [6, 6.07) is 5.83. The Bertz CT molecular complexity index is 808. The molecule has 0 atom stereocenters. The molecule has 3 aromatic heterocycles. The lowest BCUT2D eigenvalue weighted by molar-refractivity contribution is 0.0926. The topological polar surface area (TPSA) is 60.6 Å². The number of ether oxygens (including phenoxy) is 2. The van der Waals surface area contributed by atoms with Crippen LogP contribution < -0.4 is 9.47 Å². The Kier molecular flexibility index (Phi) is 4.36. The van der Waals surface area contributed by atoms with E-state index in [0.29, 0.717) is 5.88 Å². The molecule has 0 amide bonds. The van der Waals surface area contributed by atoms with Crippen molar-refractivity contribution in [2.24, 2.45) is 0 Å². The summed E-state index contributed by atoms with van der Waals surface area (Å²) >= 11 is 1.68. The number of piperidine rings is 1. The molecular weight excluding hydrogens is 326 g/mol. The Morgan fingerprint density at radius 2 is 2.21 bits per heavy atom. The average Bonchev–Trinajstić information content (AvgIpc) is 3.26. The van der Waals surface area contributed by atoms with Crippen LogP contribution >= 0.6 is 11.3 Å². The minimum atomic E-state index is 0.248. The van der Waals surface area contributed by atoms with Gasteiger partial charge in [-0.15, -0.1) is 11.3 Å². The second-order valence-corrected chi connectivity index (χ2v) is 6.79. The zero-order chi connectivity index (χ0) is 16.4. The quantitative estimate of drug-likeness (QED) is 0.707. The van der Waals surface area contributed by atoms with Crippen LogP contribution in [0.15, 0.2) is 34.3 Å². The fraction of sp³-hybridized carbons (Fsp3) is 0.412. The Hall–Kier alpha value is -2.12. The average molecular weight is 345 g/mol. The first-order chi connectivity index (χ1) is 11.8. The molecule has 4 rings (SSSR count). The predicted molar refractivity (Wildman–Crippen MR) is 91.6 cm³/mol. The zero-order valence-corrected chi connectivity index (χ0v) is 14.3. The van der Waals surface area contributed by atoms with Crippen LogP contribution in [0.25, 0.3) is 10.2 Å². The van der Waals surface area contributed by atoms with Crippen LogP contribution in [0.3, 0.4) is 0 Å². The van der Waals surface area contributed by atoms with Gasteiger partial charge in [-0.25, -0.2) is 0 Å². The van der Waals surface area contributed by atoms with Crippen molar-refractivity contribution in [3.8, 4) is 11.6 Å². The number of hydrogen-bond acceptors (Lipinski definition) is 7. The summed E-state index contributed by atoms with van der Waals surface area (Å²) < 4.78 is 17.7. The molecule has 0 aromatic carbocycles. The van der Waals surface area contributed by atoms with Crippen molar-refractivity contribution in [2.45, 2.75) is 25.5 Å². The molecule has 4 heterocycles. The highest BCUT2D eigenvalue weighted by atomic mass is 32.1. The maximum atomic E-state index is 6.23. The van der Waals surface area contributed by atoms with Gasteiger partial charge in [-0.3, -0.25) is 9.88 Å². The van der Waals surface area contributed by atoms with E-state index in [1.165, 1.54) is 0 Å². The van der Waals surface area contributed by atoms with Gasteiger partial charge >= 0.3 is 0 Å². The van der Waals surface area contributed by atoms with Gasteiger partial charge in [-0.2, -0.15) is 0 Å². The van der Waals surface area contributed by atoms with E-state index in [9.17, 15) is 0 Å². The number of nitrogens with zero attached hydrogens (tertiary/aromatic N) is 3. The van der Waals surface area contributed by atoms with Gasteiger partial charge in [0.1, 0.15) is 11.9 Å². The Morgan fingerprint density at radius 3 is 3.00 bits per heavy atom. The third-order valence-corrected chi connectivity index (χ3v) is 5.18. The van der Waals surface area contributed by atoms with Crippen molar-refractivity contribution in [3.05, 3.63) is 35.5 Å². The van der Waals surface area contributed by atoms with E-state index >= 15 is 0 Å². The summed E-state index contributed by atoms with van der Waals surface area (Å²) in [5, 5.41) is 5.90. The van der Waals surface area contributed by atoms with Gasteiger partial charge in [0, 0.05) is 25.4 Å². The highest BCUT2D eigenvalue weighted by molar-refractivity contribution is 7.17. The summed E-state index contributed by atoms with van der Waals surface area (Å²) in [6.45, 7) is 2.71. The smallest absolute Gasteiger partial charge is 0.254 e. The van der Waals surface area contributed by atoms with Crippen LogP contribution in [0.1, 0.15) is 18.6 Å². The number of aromatic nitrogens is 2. The van der Waals surface area contributed by atoms with E-state index in [4.69, 9.17) is 14.0 Å². The lowest BCUT2D eigenvalue weighted by Crippen LogP contribution is -2.37. The Morgan fingerprint density at radius 1 is 1.33 bits per heavy atom. The molecule has 0 saturated carbocycles. The number of fused-ring (bicyclic) bond motifs is 1. The molecular formula is C17H19N3O3S. The molecule has 1 aliphatic rings. The largest absolute Gasteiger partial charge is 0.489 e. The van der Waals surface area contributed by atoms with E-state index in [1.54, 1.807) is 18.4 Å². The first-order valence-electron chi connectivity index (χ1n) is 8.02. The molecule has 1 saturated heterocycles. The van der Waals surface area contributed by atoms with Crippen LogP contribution in [0.5, 0.6) is 11.6 Å². The number of hydrogen-bond donors (Lipinski definition) is 0. The van der Waals surface area contributed by atoms with Gasteiger partial charge in [-0.1, -0.05) is 0 Å². The Balaban J connectivity index is 1.33. The SMILES string of the molecule is COc1cc(CN2CCC(Oc3ccnc4ccsc34)CC2)on1. The third kappa shape index (κ3) is 3.22. The fourth-order valence-corrected chi connectivity index (χ4v) is 3.80. The molecule has 0 spiro atoms. The summed E-state index contributed by atoms with van der Waals surface area (Å²) in [5.41, 5.74) is 1.01. The number of methoxy groups -OCH3 is 1. The highest BCUT2D eigenvalue weighted by Crippen LogP contribution is 2.31. The monoisotopic (exact) mass is 345 g/mol. The van der Waals surface area contributed by atoms with Crippen molar-refractivity contribution in [1.29, 1.82) is 0 Å². The first kappa shape index (κ1) is 15.4. The first-order valence-corrected chi connectivity index (χ1v) is 8.90. The minimum absolute atomic E-state index is 0.248. The minimum Gasteiger partial charge on any atom is -0.489 e. The molecule has 0 unspecified atom stereocenters. The second kappa shape index (κ2) is 6.78. The molecule has 6 nitrogen and oxygen atoms in total. The maximum absolute atomic E-state index is 6.23. The van der Waals surface area contributed by atoms with Gasteiger partial charge in [0.2, 0.25) is 0 Å². The zero-order valence-electron chi connectivity index (χ0n) is 13.5. The molecule has 24 heavy (non-hydrogen) atoms. The van der Waals surface area contributed by atoms with Crippen molar-refractivity contribution >= 4 is 21.6 Å². The molecule has 0 N–H and O–H groups in total. The van der Waals surface area contributed by atoms with E-state index < -0.39 is 0 Å². The fourth-order valence-electron chi connectivity index (χ4n) is 2.99. The van der Waals surface area contributed by atoms with Crippen LogP contribution in [-0.4, -0.2) is 41.3 Å². The van der Waals surface area contributed by atoms with E-state index in [0.717, 1.165) is 54.2 Å². The number of pyridine rings is 1. The predicted octanol–water partition coefficient (Wildman–Crippen LogP) is 3.34. The molecule has 1 aliphatic heterocycles. The van der Waals surface area contributed by atoms with E-state index in [-0.39, 0.29) is 6.10 Å². The summed E-state index contributed by atoms with van der Waals surface area (Å²) in [4.78, 5) is 6.71. The normalized spacial score (nSPS) is 16.5. The lowest BCUT2D eigenvalue weighted by atomic mass is 10.1. The van der Waals surface area contributed by atoms with Gasteiger partial charge < -0.3 is 14.0 Å². The summed E-state index contributed by atoms with van der Waals surface area (Å²) in [7, 11) is 1.59. The Labute approximate surface area is 144 Å². The van der Waals surface area contributed by atoms with Crippen molar-refractivity contribution < 1.29 is 14.0 Å². The van der Waals surface area contributed by atoms with Crippen LogP contribution in [0.4, 0.5) is 0 Å². The van der Waals surface area contributed by atoms with Crippen LogP contribution in [0.2, 0.25) is 0 Å². The van der Waals surface area contributed by atoms with Gasteiger partial charge in [0.05, 0.1) is 23.9 Å². The van der Waals surface area contributed by atoms with E-state index in [1.807, 2.05) is 24.4 Å². The summed E-state index contributed by atoms with van der Waals surface area (Å²) in [5.74, 6) is 2.31. The highest BCUT2D eigenvalue weighted by Gasteiger charge is 2.22. The van der Waals surface area contributed by atoms with Crippen molar-refractivity contribution in [2.75, 3.05) is 20.2 Å². The van der Waals surface area contributed by atoms with Gasteiger partial charge in [0.25, 0.3) is 5.88 Å². The van der Waals surface area contributed by atoms with Gasteiger partial charge in [-0.05, 0) is 35.5 Å². The number of likely N-dealkylation sites (tertiary alicyclic amines) is 1. The molecule has 1 fully saturated rings. The van der Waals surface area contributed by atoms with Crippen LogP contribution in [-0.2, 0) is 6.54 Å². The molecule has 0 aliphatic carbocycles. The maximum Gasteiger partial charge on any atom is 0.254 e. The van der Waals surface area contributed by atoms with Gasteiger partial charge in [0.15, 0.2) is 5.76 Å². The van der Waals surface area contributed by atoms with Crippen molar-refractivity contribution in [3.63, 3.8) is 0 Å². The number of thiophene rings is 1. The third-order valence-electron chi connectivity index (χ3n) is 4.26.